The monoisotopic (exact) mass is 291 g/mol. The van der Waals surface area contributed by atoms with E-state index in [-0.39, 0.29) is 11.3 Å². The topological polar surface area (TPSA) is 85.1 Å². The van der Waals surface area contributed by atoms with Crippen molar-refractivity contribution in [3.8, 4) is 0 Å². The largest absolute Gasteiger partial charge is 0.477 e. The normalized spacial score (nSPS) is 10.4. The number of aromatic nitrogens is 3. The summed E-state index contributed by atoms with van der Waals surface area (Å²) in [6.45, 7) is 2.62. The van der Waals surface area contributed by atoms with E-state index in [0.29, 0.717) is 16.5 Å². The Kier molecular flexibility index (Phi) is 4.52. The third-order valence-electron chi connectivity index (χ3n) is 2.51. The van der Waals surface area contributed by atoms with E-state index in [0.717, 1.165) is 18.2 Å². The molecule has 0 amide bonds. The lowest BCUT2D eigenvalue weighted by Gasteiger charge is -2.05. The first-order valence-corrected chi connectivity index (χ1v) is 6.86. The van der Waals surface area contributed by atoms with Crippen LogP contribution in [0.3, 0.4) is 0 Å². The molecule has 0 aromatic carbocycles. The SMILES string of the molecule is CCCn1ccnc(Sc2ccnc(C(=O)O)c2)c1=O. The van der Waals surface area contributed by atoms with Gasteiger partial charge in [-0.05, 0) is 18.6 Å². The van der Waals surface area contributed by atoms with Crippen molar-refractivity contribution in [2.75, 3.05) is 0 Å². The second-order valence-corrected chi connectivity index (χ2v) is 5.08. The van der Waals surface area contributed by atoms with Crippen LogP contribution in [0.4, 0.5) is 0 Å². The molecule has 0 aliphatic carbocycles. The van der Waals surface area contributed by atoms with Gasteiger partial charge in [-0.2, -0.15) is 0 Å². The van der Waals surface area contributed by atoms with Crippen LogP contribution in [-0.4, -0.2) is 25.6 Å². The summed E-state index contributed by atoms with van der Waals surface area (Å²) in [5.74, 6) is -1.10. The van der Waals surface area contributed by atoms with Crippen molar-refractivity contribution >= 4 is 17.7 Å². The Morgan fingerprint density at radius 3 is 2.90 bits per heavy atom. The third kappa shape index (κ3) is 3.24. The Morgan fingerprint density at radius 1 is 1.40 bits per heavy atom. The first kappa shape index (κ1) is 14.3. The molecule has 2 heterocycles. The average molecular weight is 291 g/mol. The van der Waals surface area contributed by atoms with Gasteiger partial charge in [0.25, 0.3) is 5.56 Å². The zero-order valence-corrected chi connectivity index (χ0v) is 11.6. The van der Waals surface area contributed by atoms with E-state index < -0.39 is 5.97 Å². The van der Waals surface area contributed by atoms with Gasteiger partial charge in [0.2, 0.25) is 0 Å². The van der Waals surface area contributed by atoms with Gasteiger partial charge in [-0.1, -0.05) is 18.7 Å². The standard InChI is InChI=1S/C13H13N3O3S/c1-2-6-16-7-5-15-11(12(16)17)20-9-3-4-14-10(8-9)13(18)19/h3-5,7-8H,2,6H2,1H3,(H,18,19). The molecule has 0 aliphatic rings. The van der Waals surface area contributed by atoms with E-state index in [4.69, 9.17) is 5.11 Å². The van der Waals surface area contributed by atoms with Crippen LogP contribution in [0.2, 0.25) is 0 Å². The van der Waals surface area contributed by atoms with Gasteiger partial charge in [0.15, 0.2) is 5.03 Å². The highest BCUT2D eigenvalue weighted by Gasteiger charge is 2.09. The lowest BCUT2D eigenvalue weighted by molar-refractivity contribution is 0.0690. The summed E-state index contributed by atoms with van der Waals surface area (Å²) in [4.78, 5) is 31.4. The number of aromatic carboxylic acids is 1. The van der Waals surface area contributed by atoms with Gasteiger partial charge in [0.05, 0.1) is 0 Å². The molecule has 1 N–H and O–H groups in total. The van der Waals surface area contributed by atoms with Crippen molar-refractivity contribution < 1.29 is 9.90 Å². The maximum Gasteiger partial charge on any atom is 0.354 e. The lowest BCUT2D eigenvalue weighted by atomic mass is 10.3. The maximum absolute atomic E-state index is 12.1. The Labute approximate surface area is 119 Å². The van der Waals surface area contributed by atoms with Crippen molar-refractivity contribution in [2.24, 2.45) is 0 Å². The molecule has 0 aliphatic heterocycles. The number of aryl methyl sites for hydroxylation is 1. The van der Waals surface area contributed by atoms with Crippen molar-refractivity contribution in [2.45, 2.75) is 29.8 Å². The summed E-state index contributed by atoms with van der Waals surface area (Å²) in [7, 11) is 0. The van der Waals surface area contributed by atoms with E-state index in [9.17, 15) is 9.59 Å². The number of carbonyl (C=O) groups is 1. The van der Waals surface area contributed by atoms with E-state index in [2.05, 4.69) is 9.97 Å². The zero-order chi connectivity index (χ0) is 14.5. The highest BCUT2D eigenvalue weighted by Crippen LogP contribution is 2.23. The molecule has 104 valence electrons. The average Bonchev–Trinajstić information content (AvgIpc) is 2.44. The van der Waals surface area contributed by atoms with Crippen LogP contribution < -0.4 is 5.56 Å². The zero-order valence-electron chi connectivity index (χ0n) is 10.8. The Morgan fingerprint density at radius 2 is 2.20 bits per heavy atom. The minimum absolute atomic E-state index is 0.0557. The van der Waals surface area contributed by atoms with Crippen molar-refractivity contribution in [1.82, 2.24) is 14.5 Å². The molecule has 0 unspecified atom stereocenters. The van der Waals surface area contributed by atoms with E-state index >= 15 is 0 Å². The number of carboxylic acid groups (broad SMARTS) is 1. The molecule has 0 spiro atoms. The van der Waals surface area contributed by atoms with Crippen LogP contribution in [0.5, 0.6) is 0 Å². The summed E-state index contributed by atoms with van der Waals surface area (Å²) in [6.07, 6.45) is 5.47. The Balaban J connectivity index is 2.30. The molecule has 7 heteroatoms. The quantitative estimate of drug-likeness (QED) is 0.905. The molecule has 2 rings (SSSR count). The second kappa shape index (κ2) is 6.33. The number of hydrogen-bond donors (Lipinski definition) is 1. The fraction of sp³-hybridized carbons (Fsp3) is 0.231. The number of nitrogens with zero attached hydrogens (tertiary/aromatic N) is 3. The van der Waals surface area contributed by atoms with Gasteiger partial charge in [0, 0.05) is 30.0 Å². The molecule has 2 aromatic heterocycles. The fourth-order valence-corrected chi connectivity index (χ4v) is 2.46. The molecule has 0 saturated carbocycles. The third-order valence-corrected chi connectivity index (χ3v) is 3.47. The molecule has 2 aromatic rings. The first-order chi connectivity index (χ1) is 9.61. The van der Waals surface area contributed by atoms with Crippen molar-refractivity contribution in [3.05, 3.63) is 46.8 Å². The Hall–Kier alpha value is -2.15. The summed E-state index contributed by atoms with van der Waals surface area (Å²) in [5.41, 5.74) is -0.229. The molecular formula is C13H13N3O3S. The molecular weight excluding hydrogens is 278 g/mol. The summed E-state index contributed by atoms with van der Waals surface area (Å²) < 4.78 is 1.59. The number of rotatable bonds is 5. The highest BCUT2D eigenvalue weighted by atomic mass is 32.2. The van der Waals surface area contributed by atoms with E-state index in [1.807, 2.05) is 6.92 Å². The highest BCUT2D eigenvalue weighted by molar-refractivity contribution is 7.99. The second-order valence-electron chi connectivity index (χ2n) is 4.01. The number of pyridine rings is 1. The minimum atomic E-state index is -1.10. The molecule has 20 heavy (non-hydrogen) atoms. The Bertz CT molecular complexity index is 685. The molecule has 0 saturated heterocycles. The van der Waals surface area contributed by atoms with Crippen LogP contribution in [0, 0.1) is 0 Å². The van der Waals surface area contributed by atoms with Crippen LogP contribution in [0.1, 0.15) is 23.8 Å². The number of hydrogen-bond acceptors (Lipinski definition) is 5. The summed E-state index contributed by atoms with van der Waals surface area (Å²) in [5, 5.41) is 9.21. The van der Waals surface area contributed by atoms with Crippen LogP contribution in [-0.2, 0) is 6.54 Å². The smallest absolute Gasteiger partial charge is 0.354 e. The van der Waals surface area contributed by atoms with Gasteiger partial charge in [-0.25, -0.2) is 14.8 Å². The predicted molar refractivity (Wildman–Crippen MR) is 74.1 cm³/mol. The minimum Gasteiger partial charge on any atom is -0.477 e. The van der Waals surface area contributed by atoms with Crippen molar-refractivity contribution in [1.29, 1.82) is 0 Å². The van der Waals surface area contributed by atoms with Gasteiger partial charge >= 0.3 is 5.97 Å². The molecule has 0 radical (unpaired) electrons. The molecule has 0 bridgehead atoms. The molecule has 6 nitrogen and oxygen atoms in total. The summed E-state index contributed by atoms with van der Waals surface area (Å²) in [6, 6.07) is 3.07. The number of carboxylic acids is 1. The van der Waals surface area contributed by atoms with E-state index in [1.54, 1.807) is 23.0 Å². The lowest BCUT2D eigenvalue weighted by Crippen LogP contribution is -2.21. The van der Waals surface area contributed by atoms with Crippen LogP contribution >= 0.6 is 11.8 Å². The van der Waals surface area contributed by atoms with Crippen molar-refractivity contribution in [3.63, 3.8) is 0 Å². The molecule has 0 atom stereocenters. The van der Waals surface area contributed by atoms with Crippen LogP contribution in [0.25, 0.3) is 0 Å². The van der Waals surface area contributed by atoms with Gasteiger partial charge in [0.1, 0.15) is 5.69 Å². The molecule has 0 fully saturated rings. The predicted octanol–water partition coefficient (Wildman–Crippen LogP) is 1.90. The van der Waals surface area contributed by atoms with E-state index in [1.165, 1.54) is 12.3 Å². The van der Waals surface area contributed by atoms with Crippen LogP contribution in [0.15, 0.2) is 45.4 Å². The first-order valence-electron chi connectivity index (χ1n) is 6.04. The summed E-state index contributed by atoms with van der Waals surface area (Å²) >= 11 is 1.14. The van der Waals surface area contributed by atoms with Gasteiger partial charge in [-0.3, -0.25) is 4.79 Å². The fourth-order valence-electron chi connectivity index (χ4n) is 1.62. The van der Waals surface area contributed by atoms with Gasteiger partial charge < -0.3 is 9.67 Å². The van der Waals surface area contributed by atoms with Gasteiger partial charge in [-0.15, -0.1) is 0 Å². The maximum atomic E-state index is 12.1.